The topological polar surface area (TPSA) is 58.6 Å². The standard InChI is InChI=1S/C27H32N2O3S2/c1-2-32-22-14-12-20(13-15-22)26(27(31)28-21-8-4-3-5-9-21)29(19-24-11-7-17-34-24)25(30)18-23-10-6-16-33-23/h6-7,10-17,21,26H,2-5,8-9,18-19H2,1H3,(H,28,31)/t26-/m1/s1. The van der Waals surface area contributed by atoms with Gasteiger partial charge in [-0.1, -0.05) is 43.5 Å². The highest BCUT2D eigenvalue weighted by Crippen LogP contribution is 2.29. The van der Waals surface area contributed by atoms with Crippen LogP contribution < -0.4 is 10.1 Å². The summed E-state index contributed by atoms with van der Waals surface area (Å²) in [5.74, 6) is 0.605. The lowest BCUT2D eigenvalue weighted by atomic mass is 9.94. The Morgan fingerprint density at radius 1 is 1.00 bits per heavy atom. The summed E-state index contributed by atoms with van der Waals surface area (Å²) in [4.78, 5) is 31.2. The van der Waals surface area contributed by atoms with Gasteiger partial charge in [0.05, 0.1) is 19.6 Å². The Morgan fingerprint density at radius 2 is 1.68 bits per heavy atom. The number of carbonyl (C=O) groups is 2. The van der Waals surface area contributed by atoms with Crippen molar-refractivity contribution < 1.29 is 14.3 Å². The van der Waals surface area contributed by atoms with Gasteiger partial charge in [-0.25, -0.2) is 0 Å². The molecule has 0 saturated heterocycles. The third-order valence-electron chi connectivity index (χ3n) is 6.15. The molecule has 34 heavy (non-hydrogen) atoms. The molecule has 1 saturated carbocycles. The largest absolute Gasteiger partial charge is 0.494 e. The van der Waals surface area contributed by atoms with E-state index in [-0.39, 0.29) is 24.3 Å². The van der Waals surface area contributed by atoms with Gasteiger partial charge < -0.3 is 15.0 Å². The van der Waals surface area contributed by atoms with Gasteiger partial charge in [-0.2, -0.15) is 0 Å². The SMILES string of the molecule is CCOc1ccc([C@H](C(=O)NC2CCCCC2)N(Cc2cccs2)C(=O)Cc2cccs2)cc1. The van der Waals surface area contributed by atoms with Crippen LogP contribution in [0.4, 0.5) is 0 Å². The monoisotopic (exact) mass is 496 g/mol. The molecule has 180 valence electrons. The molecule has 2 heterocycles. The third-order valence-corrected chi connectivity index (χ3v) is 7.89. The lowest BCUT2D eigenvalue weighted by molar-refractivity contribution is -0.141. The smallest absolute Gasteiger partial charge is 0.247 e. The number of benzene rings is 1. The van der Waals surface area contributed by atoms with Crippen molar-refractivity contribution in [3.63, 3.8) is 0 Å². The van der Waals surface area contributed by atoms with Crippen LogP contribution in [0.1, 0.15) is 60.4 Å². The molecule has 0 bridgehead atoms. The van der Waals surface area contributed by atoms with Crippen LogP contribution in [0.15, 0.2) is 59.3 Å². The number of ether oxygens (including phenoxy) is 1. The summed E-state index contributed by atoms with van der Waals surface area (Å²) in [5.41, 5.74) is 0.799. The molecule has 0 unspecified atom stereocenters. The maximum Gasteiger partial charge on any atom is 0.247 e. The Kier molecular flexibility index (Phi) is 8.77. The van der Waals surface area contributed by atoms with Crippen LogP contribution in [-0.4, -0.2) is 29.4 Å². The number of hydrogen-bond donors (Lipinski definition) is 1. The van der Waals surface area contributed by atoms with Crippen LogP contribution in [0.3, 0.4) is 0 Å². The van der Waals surface area contributed by atoms with Gasteiger partial charge in [-0.05, 0) is 60.4 Å². The number of hydrogen-bond acceptors (Lipinski definition) is 5. The van der Waals surface area contributed by atoms with E-state index in [1.165, 1.54) is 6.42 Å². The van der Waals surface area contributed by atoms with Crippen LogP contribution in [0, 0.1) is 0 Å². The first kappa shape index (κ1) is 24.5. The zero-order chi connectivity index (χ0) is 23.8. The van der Waals surface area contributed by atoms with E-state index in [0.717, 1.165) is 46.8 Å². The molecule has 2 amide bonds. The van der Waals surface area contributed by atoms with E-state index in [0.29, 0.717) is 13.2 Å². The summed E-state index contributed by atoms with van der Waals surface area (Å²) < 4.78 is 5.61. The molecule has 1 atom stereocenters. The molecule has 1 aliphatic carbocycles. The van der Waals surface area contributed by atoms with Crippen molar-refractivity contribution in [2.45, 2.75) is 64.1 Å². The molecule has 3 aromatic rings. The minimum Gasteiger partial charge on any atom is -0.494 e. The first-order chi connectivity index (χ1) is 16.6. The molecule has 7 heteroatoms. The van der Waals surface area contributed by atoms with E-state index in [1.807, 2.05) is 66.2 Å². The summed E-state index contributed by atoms with van der Waals surface area (Å²) in [5, 5.41) is 7.26. The maximum atomic E-state index is 13.8. The second-order valence-corrected chi connectivity index (χ2v) is 10.7. The van der Waals surface area contributed by atoms with Crippen molar-refractivity contribution >= 4 is 34.5 Å². The van der Waals surface area contributed by atoms with Gasteiger partial charge in [0.2, 0.25) is 11.8 Å². The molecule has 1 aromatic carbocycles. The van der Waals surface area contributed by atoms with Crippen molar-refractivity contribution in [1.82, 2.24) is 10.2 Å². The minimum absolute atomic E-state index is 0.0477. The predicted molar refractivity (Wildman–Crippen MR) is 138 cm³/mol. The van der Waals surface area contributed by atoms with E-state index in [1.54, 1.807) is 27.6 Å². The van der Waals surface area contributed by atoms with Crippen LogP contribution in [0.25, 0.3) is 0 Å². The highest BCUT2D eigenvalue weighted by molar-refractivity contribution is 7.10. The molecule has 4 rings (SSSR count). The van der Waals surface area contributed by atoms with Gasteiger partial charge >= 0.3 is 0 Å². The van der Waals surface area contributed by atoms with Gasteiger partial charge in [0.25, 0.3) is 0 Å². The third kappa shape index (κ3) is 6.48. The zero-order valence-corrected chi connectivity index (χ0v) is 21.2. The van der Waals surface area contributed by atoms with Gasteiger partial charge in [0.15, 0.2) is 0 Å². The van der Waals surface area contributed by atoms with Crippen molar-refractivity contribution in [2.24, 2.45) is 0 Å². The van der Waals surface area contributed by atoms with Gasteiger partial charge in [-0.3, -0.25) is 9.59 Å². The minimum atomic E-state index is -0.702. The van der Waals surface area contributed by atoms with E-state index in [4.69, 9.17) is 4.74 Å². The van der Waals surface area contributed by atoms with Gasteiger partial charge in [0, 0.05) is 15.8 Å². The Bertz CT molecular complexity index is 1030. The molecule has 1 N–H and O–H groups in total. The fraction of sp³-hybridized carbons (Fsp3) is 0.407. The Balaban J connectivity index is 1.66. The average Bonchev–Trinajstić information content (AvgIpc) is 3.55. The van der Waals surface area contributed by atoms with E-state index < -0.39 is 6.04 Å². The lowest BCUT2D eigenvalue weighted by Gasteiger charge is -2.33. The fourth-order valence-corrected chi connectivity index (χ4v) is 5.87. The van der Waals surface area contributed by atoms with Crippen LogP contribution in [-0.2, 0) is 22.6 Å². The fourth-order valence-electron chi connectivity index (χ4n) is 4.47. The average molecular weight is 497 g/mol. The molecule has 0 spiro atoms. The highest BCUT2D eigenvalue weighted by Gasteiger charge is 2.33. The number of amides is 2. The second-order valence-electron chi connectivity index (χ2n) is 8.61. The summed E-state index contributed by atoms with van der Waals surface area (Å²) in [6.07, 6.45) is 5.77. The summed E-state index contributed by atoms with van der Waals surface area (Å²) in [7, 11) is 0. The highest BCUT2D eigenvalue weighted by atomic mass is 32.1. The summed E-state index contributed by atoms with van der Waals surface area (Å²) >= 11 is 3.17. The van der Waals surface area contributed by atoms with Crippen LogP contribution >= 0.6 is 22.7 Å². The summed E-state index contributed by atoms with van der Waals surface area (Å²) in [6, 6.07) is 15.0. The number of carbonyl (C=O) groups excluding carboxylic acids is 2. The molecule has 0 radical (unpaired) electrons. The molecule has 0 aliphatic heterocycles. The molecule has 2 aromatic heterocycles. The number of nitrogens with zero attached hydrogens (tertiary/aromatic N) is 1. The van der Waals surface area contributed by atoms with Crippen LogP contribution in [0.5, 0.6) is 5.75 Å². The van der Waals surface area contributed by atoms with Gasteiger partial charge in [-0.15, -0.1) is 22.7 Å². The Hall–Kier alpha value is -2.64. The molecular formula is C27H32N2O3S2. The molecule has 1 fully saturated rings. The Labute approximate surface area is 209 Å². The summed E-state index contributed by atoms with van der Waals surface area (Å²) in [6.45, 7) is 2.92. The van der Waals surface area contributed by atoms with Crippen molar-refractivity contribution in [1.29, 1.82) is 0 Å². The Morgan fingerprint density at radius 3 is 2.29 bits per heavy atom. The van der Waals surface area contributed by atoms with E-state index in [2.05, 4.69) is 5.32 Å². The number of rotatable bonds is 10. The van der Waals surface area contributed by atoms with E-state index in [9.17, 15) is 9.59 Å². The molecule has 5 nitrogen and oxygen atoms in total. The van der Waals surface area contributed by atoms with Crippen molar-refractivity contribution in [2.75, 3.05) is 6.61 Å². The van der Waals surface area contributed by atoms with E-state index >= 15 is 0 Å². The van der Waals surface area contributed by atoms with Gasteiger partial charge in [0.1, 0.15) is 11.8 Å². The first-order valence-corrected chi connectivity index (χ1v) is 13.8. The lowest BCUT2D eigenvalue weighted by Crippen LogP contribution is -2.47. The predicted octanol–water partition coefficient (Wildman–Crippen LogP) is 5.97. The number of thiophene rings is 2. The van der Waals surface area contributed by atoms with Crippen molar-refractivity contribution in [3.05, 3.63) is 74.6 Å². The maximum absolute atomic E-state index is 13.8. The quantitative estimate of drug-likeness (QED) is 0.376. The van der Waals surface area contributed by atoms with Crippen molar-refractivity contribution in [3.8, 4) is 5.75 Å². The first-order valence-electron chi connectivity index (χ1n) is 12.0. The van der Waals surface area contributed by atoms with Crippen LogP contribution in [0.2, 0.25) is 0 Å². The molecule has 1 aliphatic rings. The number of nitrogens with one attached hydrogen (secondary N) is 1. The molecular weight excluding hydrogens is 464 g/mol. The zero-order valence-electron chi connectivity index (χ0n) is 19.6. The second kappa shape index (κ2) is 12.2. The normalized spacial score (nSPS) is 15.0.